The Bertz CT molecular complexity index is 250. The van der Waals surface area contributed by atoms with Gasteiger partial charge in [-0.2, -0.15) is 37.2 Å². The maximum Gasteiger partial charge on any atom is 0.417 e. The monoisotopic (exact) mass is 192 g/mol. The summed E-state index contributed by atoms with van der Waals surface area (Å²) in [5, 5.41) is 0. The third-order valence-electron chi connectivity index (χ3n) is 0.486. The number of hydrogen-bond donors (Lipinski definition) is 2. The molecule has 0 aliphatic heterocycles. The average Bonchev–Trinajstić information content (AvgIpc) is 1.88. The molecular formula is H4N2O6S2. The van der Waals surface area contributed by atoms with Gasteiger partial charge in [-0.3, -0.25) is 0 Å². The molecule has 0 bridgehead atoms. The van der Waals surface area contributed by atoms with Crippen LogP contribution in [0.2, 0.25) is 0 Å². The molecule has 62 valence electrons. The van der Waals surface area contributed by atoms with Crippen LogP contribution in [0.25, 0.3) is 0 Å². The second-order valence-electron chi connectivity index (χ2n) is 1.01. The summed E-state index contributed by atoms with van der Waals surface area (Å²) in [6.07, 6.45) is 0. The van der Waals surface area contributed by atoms with E-state index < -0.39 is 18.3 Å². The van der Waals surface area contributed by atoms with E-state index in [-0.39, 0.29) is 0 Å². The van der Waals surface area contributed by atoms with Crippen LogP contribution in [-0.4, -0.2) is 16.8 Å². The van der Waals surface area contributed by atoms with Crippen LogP contribution in [0, 0.1) is 0 Å². The highest BCUT2D eigenvalue weighted by molar-refractivity contribution is 8.63. The van der Waals surface area contributed by atoms with Crippen LogP contribution in [0.1, 0.15) is 0 Å². The summed E-state index contributed by atoms with van der Waals surface area (Å²) in [5.74, 6) is 8.13. The molecule has 0 saturated heterocycles. The Labute approximate surface area is 56.3 Å². The Hall–Kier alpha value is -0.260. The van der Waals surface area contributed by atoms with E-state index in [0.29, 0.717) is 0 Å². The van der Waals surface area contributed by atoms with Crippen molar-refractivity contribution >= 4 is 18.3 Å². The van der Waals surface area contributed by atoms with Gasteiger partial charge in [-0.05, 0) is 0 Å². The lowest BCUT2D eigenvalue weighted by atomic mass is 13.6. The van der Waals surface area contributed by atoms with Crippen LogP contribution in [0.15, 0.2) is 0 Å². The predicted molar refractivity (Wildman–Crippen MR) is 28.4 cm³/mol. The zero-order valence-electron chi connectivity index (χ0n) is 4.42. The van der Waals surface area contributed by atoms with Crippen molar-refractivity contribution in [2.75, 3.05) is 0 Å². The van der Waals surface area contributed by atoms with E-state index in [2.05, 4.69) is 20.4 Å². The molecule has 0 fully saturated rings. The van der Waals surface area contributed by atoms with Gasteiger partial charge in [0.05, 0.1) is 0 Å². The maximum atomic E-state index is 10.1. The Kier molecular flexibility index (Phi) is 2.70. The normalized spacial score (nSPS) is 13.4. The molecule has 0 unspecified atom stereocenters. The van der Waals surface area contributed by atoms with Crippen LogP contribution in [-0.2, 0) is 26.9 Å². The zero-order valence-corrected chi connectivity index (χ0v) is 6.05. The highest BCUT2D eigenvalue weighted by Crippen LogP contribution is 2.01. The molecule has 0 aromatic rings. The van der Waals surface area contributed by atoms with Gasteiger partial charge < -0.3 is 0 Å². The fourth-order valence-electron chi connectivity index (χ4n) is 0.0962. The summed E-state index contributed by atoms with van der Waals surface area (Å²) in [5.41, 5.74) is 0. The molecule has 0 saturated carbocycles. The summed E-state index contributed by atoms with van der Waals surface area (Å²) in [4.78, 5) is 0. The van der Waals surface area contributed by atoms with E-state index in [9.17, 15) is 16.8 Å². The van der Waals surface area contributed by atoms with Gasteiger partial charge in [0.15, 0.2) is 0 Å². The van der Waals surface area contributed by atoms with E-state index in [0.717, 1.165) is 0 Å². The Morgan fingerprint density at radius 1 is 0.800 bits per heavy atom. The van der Waals surface area contributed by atoms with Crippen LogP contribution in [0.4, 0.5) is 0 Å². The summed E-state index contributed by atoms with van der Waals surface area (Å²) in [6, 6.07) is 0. The minimum absolute atomic E-state index is 3.07. The molecule has 4 N–H and O–H groups in total. The first-order valence-electron chi connectivity index (χ1n) is 1.64. The van der Waals surface area contributed by atoms with Crippen molar-refractivity contribution in [1.82, 2.24) is 0 Å². The van der Waals surface area contributed by atoms with E-state index in [4.69, 9.17) is 0 Å². The standard InChI is InChI=1S/H4N2O6S2/c1-7-9(3,4)10(5,6)8-2/h1-2H2. The lowest BCUT2D eigenvalue weighted by Crippen LogP contribution is -2.25. The molecule has 0 amide bonds. The lowest BCUT2D eigenvalue weighted by molar-refractivity contribution is 0.315. The van der Waals surface area contributed by atoms with Gasteiger partial charge >= 0.3 is 18.3 Å². The molecule has 10 heteroatoms. The quantitative estimate of drug-likeness (QED) is 0.365. The molecule has 0 heterocycles. The van der Waals surface area contributed by atoms with E-state index in [1.165, 1.54) is 0 Å². The summed E-state index contributed by atoms with van der Waals surface area (Å²) in [6.45, 7) is 0. The first kappa shape index (κ1) is 9.74. The summed E-state index contributed by atoms with van der Waals surface area (Å²) in [7, 11) is -9.89. The number of nitrogens with two attached hydrogens (primary N) is 2. The second kappa shape index (κ2) is 2.77. The van der Waals surface area contributed by atoms with Crippen LogP contribution in [0.5, 0.6) is 0 Å². The highest BCUT2D eigenvalue weighted by atomic mass is 33.2. The fourth-order valence-corrected chi connectivity index (χ4v) is 0.866. The largest absolute Gasteiger partial charge is 0.417 e. The molecule has 0 aliphatic carbocycles. The minimum atomic E-state index is -4.95. The molecule has 10 heavy (non-hydrogen) atoms. The Morgan fingerprint density at radius 2 is 1.00 bits per heavy atom. The highest BCUT2D eigenvalue weighted by Gasteiger charge is 2.31. The molecule has 0 aromatic heterocycles. The van der Waals surface area contributed by atoms with Crippen molar-refractivity contribution in [3.8, 4) is 0 Å². The van der Waals surface area contributed by atoms with Crippen molar-refractivity contribution < 1.29 is 25.4 Å². The van der Waals surface area contributed by atoms with Crippen molar-refractivity contribution in [2.45, 2.75) is 0 Å². The Balaban J connectivity index is 5.05. The minimum Gasteiger partial charge on any atom is -0.197 e. The van der Waals surface area contributed by atoms with Crippen molar-refractivity contribution in [1.29, 1.82) is 0 Å². The molecule has 8 nitrogen and oxygen atoms in total. The van der Waals surface area contributed by atoms with Gasteiger partial charge in [0.25, 0.3) is 0 Å². The first-order valence-corrected chi connectivity index (χ1v) is 4.97. The van der Waals surface area contributed by atoms with Gasteiger partial charge in [0.1, 0.15) is 0 Å². The fraction of sp³-hybridized carbons (Fsp3) is 0. The molecule has 0 radical (unpaired) electrons. The van der Waals surface area contributed by atoms with Gasteiger partial charge in [-0.15, -0.1) is 0 Å². The maximum absolute atomic E-state index is 10.1. The van der Waals surface area contributed by atoms with E-state index in [1.807, 2.05) is 0 Å². The van der Waals surface area contributed by atoms with Crippen LogP contribution >= 0.6 is 0 Å². The molecule has 0 rings (SSSR count). The van der Waals surface area contributed by atoms with Crippen LogP contribution < -0.4 is 11.8 Å². The van der Waals surface area contributed by atoms with Crippen molar-refractivity contribution in [3.05, 3.63) is 0 Å². The molecule has 0 atom stereocenters. The van der Waals surface area contributed by atoms with Gasteiger partial charge in [-0.25, -0.2) is 0 Å². The third kappa shape index (κ3) is 1.62. The van der Waals surface area contributed by atoms with Gasteiger partial charge in [0, 0.05) is 0 Å². The second-order valence-corrected chi connectivity index (χ2v) is 5.48. The zero-order chi connectivity index (χ0) is 8.41. The van der Waals surface area contributed by atoms with E-state index in [1.54, 1.807) is 0 Å². The molecule has 0 spiro atoms. The van der Waals surface area contributed by atoms with Crippen LogP contribution in [0.3, 0.4) is 0 Å². The smallest absolute Gasteiger partial charge is 0.197 e. The average molecular weight is 192 g/mol. The van der Waals surface area contributed by atoms with E-state index >= 15 is 0 Å². The summed E-state index contributed by atoms with van der Waals surface area (Å²) >= 11 is 0. The van der Waals surface area contributed by atoms with Gasteiger partial charge in [-0.1, -0.05) is 0 Å². The van der Waals surface area contributed by atoms with Crippen molar-refractivity contribution in [2.24, 2.45) is 11.8 Å². The SMILES string of the molecule is NOS(=O)(=O)S(=O)(=O)ON. The lowest BCUT2D eigenvalue weighted by Gasteiger charge is -1.96. The molecular weight excluding hydrogens is 188 g/mol. The van der Waals surface area contributed by atoms with Crippen molar-refractivity contribution in [3.63, 3.8) is 0 Å². The molecule has 0 aromatic carbocycles. The summed E-state index contributed by atoms with van der Waals surface area (Å²) < 4.78 is 46.6. The predicted octanol–water partition coefficient (Wildman–Crippen LogP) is -2.66. The number of rotatable bonds is 3. The third-order valence-corrected chi connectivity index (χ3v) is 3.43. The first-order chi connectivity index (χ1) is 4.37. The molecule has 0 aliphatic rings. The topological polar surface area (TPSA) is 139 Å². The number of hydrogen-bond acceptors (Lipinski definition) is 8. The Morgan fingerprint density at radius 3 is 1.10 bits per heavy atom. The van der Waals surface area contributed by atoms with Gasteiger partial charge in [0.2, 0.25) is 0 Å².